The van der Waals surface area contributed by atoms with Crippen LogP contribution in [0.4, 0.5) is 0 Å². The zero-order chi connectivity index (χ0) is 13.8. The summed E-state index contributed by atoms with van der Waals surface area (Å²) in [6.07, 6.45) is 7.14. The van der Waals surface area contributed by atoms with E-state index in [2.05, 4.69) is 54.7 Å². The number of benzene rings is 2. The molecule has 0 spiro atoms. The van der Waals surface area contributed by atoms with Gasteiger partial charge in [-0.15, -0.1) is 0 Å². The van der Waals surface area contributed by atoms with Crippen LogP contribution in [0.2, 0.25) is 0 Å². The lowest BCUT2D eigenvalue weighted by molar-refractivity contribution is 0.455. The summed E-state index contributed by atoms with van der Waals surface area (Å²) in [6, 6.07) is 15.9. The molecule has 0 aliphatic heterocycles. The van der Waals surface area contributed by atoms with E-state index in [-0.39, 0.29) is 0 Å². The minimum atomic E-state index is 0.445. The van der Waals surface area contributed by atoms with E-state index in [1.807, 2.05) is 0 Å². The second kappa shape index (κ2) is 6.41. The minimum absolute atomic E-state index is 0.445. The molecule has 1 unspecified atom stereocenters. The monoisotopic (exact) mass is 267 g/mol. The second-order valence-electron chi connectivity index (χ2n) is 6.22. The van der Waals surface area contributed by atoms with Crippen LogP contribution in [0.3, 0.4) is 0 Å². The molecular formula is C19H25N. The van der Waals surface area contributed by atoms with Crippen molar-refractivity contribution in [3.8, 4) is 0 Å². The van der Waals surface area contributed by atoms with E-state index in [0.29, 0.717) is 6.04 Å². The maximum absolute atomic E-state index is 3.69. The molecule has 2 aromatic carbocycles. The fourth-order valence-electron chi connectivity index (χ4n) is 3.40. The highest BCUT2D eigenvalue weighted by atomic mass is 14.9. The van der Waals surface area contributed by atoms with Crippen molar-refractivity contribution >= 4 is 10.8 Å². The van der Waals surface area contributed by atoms with Crippen LogP contribution in [0.15, 0.2) is 42.5 Å². The number of fused-ring (bicyclic) bond motifs is 1. The maximum atomic E-state index is 3.69. The molecule has 106 valence electrons. The quantitative estimate of drug-likeness (QED) is 0.797. The fraction of sp³-hybridized carbons (Fsp3) is 0.474. The Morgan fingerprint density at radius 2 is 1.80 bits per heavy atom. The van der Waals surface area contributed by atoms with Gasteiger partial charge in [0.2, 0.25) is 0 Å². The predicted molar refractivity (Wildman–Crippen MR) is 86.9 cm³/mol. The number of rotatable bonds is 5. The first-order chi connectivity index (χ1) is 9.83. The van der Waals surface area contributed by atoms with Gasteiger partial charge in [-0.05, 0) is 48.2 Å². The molecule has 1 aliphatic carbocycles. The van der Waals surface area contributed by atoms with Gasteiger partial charge in [-0.25, -0.2) is 0 Å². The van der Waals surface area contributed by atoms with Crippen LogP contribution in [0.5, 0.6) is 0 Å². The minimum Gasteiger partial charge on any atom is -0.310 e. The molecule has 1 heteroatoms. The summed E-state index contributed by atoms with van der Waals surface area (Å²) in [5, 5.41) is 6.36. The van der Waals surface area contributed by atoms with E-state index in [0.717, 1.165) is 12.5 Å². The normalized spacial score (nSPS) is 17.6. The van der Waals surface area contributed by atoms with E-state index in [9.17, 15) is 0 Å². The molecule has 20 heavy (non-hydrogen) atoms. The molecule has 0 amide bonds. The van der Waals surface area contributed by atoms with Gasteiger partial charge in [-0.2, -0.15) is 0 Å². The lowest BCUT2D eigenvalue weighted by Crippen LogP contribution is -2.21. The summed E-state index contributed by atoms with van der Waals surface area (Å²) in [4.78, 5) is 0. The third-order valence-electron chi connectivity index (χ3n) is 4.75. The summed E-state index contributed by atoms with van der Waals surface area (Å²) in [7, 11) is 0. The van der Waals surface area contributed by atoms with Crippen LogP contribution >= 0.6 is 0 Å². The van der Waals surface area contributed by atoms with Gasteiger partial charge < -0.3 is 5.32 Å². The van der Waals surface area contributed by atoms with Crippen LogP contribution in [0.25, 0.3) is 10.8 Å². The van der Waals surface area contributed by atoms with Crippen molar-refractivity contribution in [3.05, 3.63) is 48.0 Å². The average Bonchev–Trinajstić information content (AvgIpc) is 3.00. The maximum Gasteiger partial charge on any atom is 0.0292 e. The lowest BCUT2D eigenvalue weighted by atomic mass is 10.0. The highest BCUT2D eigenvalue weighted by molar-refractivity contribution is 5.83. The fourth-order valence-corrected chi connectivity index (χ4v) is 3.40. The first-order valence-corrected chi connectivity index (χ1v) is 8.05. The molecule has 1 N–H and O–H groups in total. The van der Waals surface area contributed by atoms with Crippen LogP contribution in [-0.4, -0.2) is 6.54 Å². The molecule has 1 aliphatic rings. The molecule has 1 atom stereocenters. The summed E-state index contributed by atoms with van der Waals surface area (Å²) in [5.41, 5.74) is 1.40. The third kappa shape index (κ3) is 3.21. The van der Waals surface area contributed by atoms with Crippen molar-refractivity contribution < 1.29 is 0 Å². The molecule has 3 rings (SSSR count). The second-order valence-corrected chi connectivity index (χ2v) is 6.22. The molecule has 0 bridgehead atoms. The van der Waals surface area contributed by atoms with Crippen molar-refractivity contribution in [2.75, 3.05) is 6.54 Å². The Morgan fingerprint density at radius 3 is 2.60 bits per heavy atom. The molecule has 0 saturated heterocycles. The van der Waals surface area contributed by atoms with Gasteiger partial charge in [0, 0.05) is 6.04 Å². The summed E-state index contributed by atoms with van der Waals surface area (Å²) in [5.74, 6) is 0.978. The molecule has 0 heterocycles. The Bertz CT molecular complexity index is 554. The average molecular weight is 267 g/mol. The van der Waals surface area contributed by atoms with Crippen LogP contribution in [-0.2, 0) is 0 Å². The highest BCUT2D eigenvalue weighted by Crippen LogP contribution is 2.27. The van der Waals surface area contributed by atoms with Crippen LogP contribution in [0.1, 0.15) is 50.6 Å². The highest BCUT2D eigenvalue weighted by Gasteiger charge is 2.14. The Morgan fingerprint density at radius 1 is 1.05 bits per heavy atom. The van der Waals surface area contributed by atoms with Gasteiger partial charge >= 0.3 is 0 Å². The smallest absolute Gasteiger partial charge is 0.0292 e. The van der Waals surface area contributed by atoms with Crippen molar-refractivity contribution in [1.82, 2.24) is 5.32 Å². The Kier molecular flexibility index (Phi) is 4.37. The van der Waals surface area contributed by atoms with Gasteiger partial charge in [0.25, 0.3) is 0 Å². The van der Waals surface area contributed by atoms with Gasteiger partial charge in [0.15, 0.2) is 0 Å². The molecule has 1 fully saturated rings. The Balaban J connectivity index is 1.58. The SMILES string of the molecule is CC(NCCC1CCCC1)c1ccc2ccccc2c1. The van der Waals surface area contributed by atoms with Crippen LogP contribution < -0.4 is 5.32 Å². The Hall–Kier alpha value is -1.34. The first kappa shape index (κ1) is 13.6. The molecule has 0 aromatic heterocycles. The number of nitrogens with one attached hydrogen (secondary N) is 1. The molecule has 2 aromatic rings. The zero-order valence-electron chi connectivity index (χ0n) is 12.4. The summed E-state index contributed by atoms with van der Waals surface area (Å²) >= 11 is 0. The Labute approximate surface area is 122 Å². The predicted octanol–water partition coefficient (Wildman–Crippen LogP) is 5.07. The van der Waals surface area contributed by atoms with Crippen molar-refractivity contribution in [1.29, 1.82) is 0 Å². The van der Waals surface area contributed by atoms with E-state index >= 15 is 0 Å². The lowest BCUT2D eigenvalue weighted by Gasteiger charge is -2.16. The van der Waals surface area contributed by atoms with E-state index < -0.39 is 0 Å². The standard InChI is InChI=1S/C19H25N/c1-15(20-13-12-16-6-2-3-7-16)18-11-10-17-8-4-5-9-19(17)14-18/h4-5,8-11,14-16,20H,2-3,6-7,12-13H2,1H3. The first-order valence-electron chi connectivity index (χ1n) is 8.05. The largest absolute Gasteiger partial charge is 0.310 e. The van der Waals surface area contributed by atoms with Crippen molar-refractivity contribution in [2.24, 2.45) is 5.92 Å². The van der Waals surface area contributed by atoms with E-state index in [1.165, 1.54) is 48.4 Å². The van der Waals surface area contributed by atoms with Crippen LogP contribution in [0, 0.1) is 5.92 Å². The van der Waals surface area contributed by atoms with Gasteiger partial charge in [-0.3, -0.25) is 0 Å². The van der Waals surface area contributed by atoms with E-state index in [4.69, 9.17) is 0 Å². The van der Waals surface area contributed by atoms with Crippen molar-refractivity contribution in [2.45, 2.75) is 45.1 Å². The molecule has 1 saturated carbocycles. The topological polar surface area (TPSA) is 12.0 Å². The molecule has 0 radical (unpaired) electrons. The van der Waals surface area contributed by atoms with Crippen molar-refractivity contribution in [3.63, 3.8) is 0 Å². The third-order valence-corrected chi connectivity index (χ3v) is 4.75. The number of hydrogen-bond donors (Lipinski definition) is 1. The summed E-state index contributed by atoms with van der Waals surface area (Å²) < 4.78 is 0. The zero-order valence-corrected chi connectivity index (χ0v) is 12.4. The van der Waals surface area contributed by atoms with Gasteiger partial charge in [0.05, 0.1) is 0 Å². The number of hydrogen-bond acceptors (Lipinski definition) is 1. The summed E-state index contributed by atoms with van der Waals surface area (Å²) in [6.45, 7) is 3.43. The van der Waals surface area contributed by atoms with Gasteiger partial charge in [0.1, 0.15) is 0 Å². The molecular weight excluding hydrogens is 242 g/mol. The van der Waals surface area contributed by atoms with E-state index in [1.54, 1.807) is 0 Å². The van der Waals surface area contributed by atoms with Gasteiger partial charge in [-0.1, -0.05) is 62.1 Å². The molecule has 1 nitrogen and oxygen atoms in total.